The second-order valence-electron chi connectivity index (χ2n) is 4.81. The molecule has 22 heavy (non-hydrogen) atoms. The number of pyridine rings is 2. The molecule has 6 heteroatoms. The second-order valence-corrected chi connectivity index (χ2v) is 5.60. The molecule has 2 heterocycles. The van der Waals surface area contributed by atoms with Crippen LogP contribution in [0.15, 0.2) is 41.3 Å². The molecule has 0 fully saturated rings. The zero-order valence-corrected chi connectivity index (χ0v) is 13.2. The maximum atomic E-state index is 12.8. The quantitative estimate of drug-likeness (QED) is 0.718. The molecule has 112 valence electrons. The Morgan fingerprint density at radius 1 is 1.27 bits per heavy atom. The number of aryl methyl sites for hydroxylation is 1. The Morgan fingerprint density at radius 2 is 2.05 bits per heavy atom. The van der Waals surface area contributed by atoms with E-state index in [0.717, 1.165) is 5.39 Å². The van der Waals surface area contributed by atoms with Gasteiger partial charge in [0.2, 0.25) is 0 Å². The van der Waals surface area contributed by atoms with Crippen molar-refractivity contribution in [1.82, 2.24) is 9.55 Å². The minimum atomic E-state index is -0.235. The highest BCUT2D eigenvalue weighted by Gasteiger charge is 2.16. The number of hydrogen-bond acceptors (Lipinski definition) is 3. The summed E-state index contributed by atoms with van der Waals surface area (Å²) in [7, 11) is 0. The van der Waals surface area contributed by atoms with Gasteiger partial charge in [-0.15, -0.1) is 0 Å². The van der Waals surface area contributed by atoms with E-state index in [1.54, 1.807) is 35.0 Å². The van der Waals surface area contributed by atoms with Gasteiger partial charge in [-0.2, -0.15) is 0 Å². The third-order valence-electron chi connectivity index (χ3n) is 3.52. The van der Waals surface area contributed by atoms with E-state index in [9.17, 15) is 9.90 Å². The first-order valence-corrected chi connectivity index (χ1v) is 7.45. The van der Waals surface area contributed by atoms with Crippen LogP contribution in [0, 0.1) is 0 Å². The molecule has 0 bridgehead atoms. The number of rotatable bonds is 2. The number of aromatic nitrogens is 2. The van der Waals surface area contributed by atoms with Crippen LogP contribution in [0.2, 0.25) is 10.2 Å². The Labute approximate surface area is 136 Å². The lowest BCUT2D eigenvalue weighted by Crippen LogP contribution is -2.21. The topological polar surface area (TPSA) is 55.1 Å². The van der Waals surface area contributed by atoms with Crippen molar-refractivity contribution in [2.24, 2.45) is 0 Å². The standard InChI is InChI=1S/C16H12Cl2N2O2/c1-2-20-12-7-14(18)19-8-9(12)6-10(16(20)22)15-11(17)4-3-5-13(15)21/h3-8,21H,2H2,1H3. The predicted molar refractivity (Wildman–Crippen MR) is 88.8 cm³/mol. The highest BCUT2D eigenvalue weighted by molar-refractivity contribution is 6.33. The molecule has 0 spiro atoms. The molecule has 0 amide bonds. The van der Waals surface area contributed by atoms with E-state index < -0.39 is 0 Å². The number of aromatic hydroxyl groups is 1. The maximum absolute atomic E-state index is 12.8. The van der Waals surface area contributed by atoms with Crippen molar-refractivity contribution < 1.29 is 5.11 Å². The highest BCUT2D eigenvalue weighted by Crippen LogP contribution is 2.35. The van der Waals surface area contributed by atoms with Crippen LogP contribution in [0.4, 0.5) is 0 Å². The minimum absolute atomic E-state index is 0.0338. The van der Waals surface area contributed by atoms with E-state index >= 15 is 0 Å². The molecule has 0 atom stereocenters. The van der Waals surface area contributed by atoms with Gasteiger partial charge < -0.3 is 9.67 Å². The third kappa shape index (κ3) is 2.34. The highest BCUT2D eigenvalue weighted by atomic mass is 35.5. The molecule has 0 aliphatic heterocycles. The zero-order chi connectivity index (χ0) is 15.9. The fourth-order valence-corrected chi connectivity index (χ4v) is 2.94. The number of fused-ring (bicyclic) bond motifs is 1. The van der Waals surface area contributed by atoms with Crippen LogP contribution >= 0.6 is 23.2 Å². The van der Waals surface area contributed by atoms with E-state index in [1.807, 2.05) is 6.92 Å². The number of phenolic OH excluding ortho intramolecular Hbond substituents is 1. The van der Waals surface area contributed by atoms with Crippen LogP contribution < -0.4 is 5.56 Å². The van der Waals surface area contributed by atoms with Crippen LogP contribution in [0.25, 0.3) is 22.0 Å². The summed E-state index contributed by atoms with van der Waals surface area (Å²) in [5.74, 6) is -0.0338. The zero-order valence-electron chi connectivity index (χ0n) is 11.7. The summed E-state index contributed by atoms with van der Waals surface area (Å²) in [5, 5.41) is 11.5. The van der Waals surface area contributed by atoms with Gasteiger partial charge >= 0.3 is 0 Å². The van der Waals surface area contributed by atoms with Gasteiger partial charge in [0.15, 0.2) is 0 Å². The van der Waals surface area contributed by atoms with E-state index in [4.69, 9.17) is 23.2 Å². The van der Waals surface area contributed by atoms with Crippen molar-refractivity contribution >= 4 is 34.1 Å². The Hall–Kier alpha value is -2.04. The number of benzene rings is 1. The summed E-state index contributed by atoms with van der Waals surface area (Å²) < 4.78 is 1.58. The Morgan fingerprint density at radius 3 is 2.73 bits per heavy atom. The van der Waals surface area contributed by atoms with Crippen molar-refractivity contribution in [1.29, 1.82) is 0 Å². The van der Waals surface area contributed by atoms with E-state index in [0.29, 0.717) is 33.4 Å². The molecule has 2 aromatic heterocycles. The van der Waals surface area contributed by atoms with Crippen molar-refractivity contribution in [3.63, 3.8) is 0 Å². The molecule has 1 aromatic carbocycles. The van der Waals surface area contributed by atoms with Gasteiger partial charge in [-0.3, -0.25) is 4.79 Å². The molecular formula is C16H12Cl2N2O2. The summed E-state index contributed by atoms with van der Waals surface area (Å²) >= 11 is 12.1. The maximum Gasteiger partial charge on any atom is 0.259 e. The van der Waals surface area contributed by atoms with Crippen molar-refractivity contribution in [2.75, 3.05) is 0 Å². The van der Waals surface area contributed by atoms with Crippen LogP contribution in [0.5, 0.6) is 5.75 Å². The fourth-order valence-electron chi connectivity index (χ4n) is 2.52. The lowest BCUT2D eigenvalue weighted by atomic mass is 10.0. The fraction of sp³-hybridized carbons (Fsp3) is 0.125. The molecular weight excluding hydrogens is 323 g/mol. The lowest BCUT2D eigenvalue weighted by molar-refractivity contribution is 0.477. The van der Waals surface area contributed by atoms with Gasteiger partial charge in [-0.05, 0) is 31.2 Å². The summed E-state index contributed by atoms with van der Waals surface area (Å²) in [5.41, 5.74) is 1.12. The first kappa shape index (κ1) is 14.9. The third-order valence-corrected chi connectivity index (χ3v) is 4.04. The molecule has 0 saturated heterocycles. The monoisotopic (exact) mass is 334 g/mol. The molecule has 0 unspecified atom stereocenters. The van der Waals surface area contributed by atoms with Crippen molar-refractivity contribution in [3.05, 3.63) is 57.1 Å². The van der Waals surface area contributed by atoms with Gasteiger partial charge in [0.1, 0.15) is 10.9 Å². The molecule has 0 aliphatic rings. The van der Waals surface area contributed by atoms with Gasteiger partial charge in [-0.1, -0.05) is 29.3 Å². The summed E-state index contributed by atoms with van der Waals surface area (Å²) in [6, 6.07) is 8.09. The van der Waals surface area contributed by atoms with Crippen molar-refractivity contribution in [3.8, 4) is 16.9 Å². The van der Waals surface area contributed by atoms with Crippen molar-refractivity contribution in [2.45, 2.75) is 13.5 Å². The first-order valence-electron chi connectivity index (χ1n) is 6.70. The number of phenols is 1. The van der Waals surface area contributed by atoms with Crippen LogP contribution in [-0.4, -0.2) is 14.7 Å². The average Bonchev–Trinajstić information content (AvgIpc) is 2.48. The molecule has 3 aromatic rings. The van der Waals surface area contributed by atoms with Crippen LogP contribution in [0.1, 0.15) is 6.92 Å². The van der Waals surface area contributed by atoms with Crippen LogP contribution in [-0.2, 0) is 6.54 Å². The largest absolute Gasteiger partial charge is 0.507 e. The Bertz CT molecular complexity index is 915. The Kier molecular flexibility index (Phi) is 3.81. The lowest BCUT2D eigenvalue weighted by Gasteiger charge is -2.13. The normalized spacial score (nSPS) is 11.0. The van der Waals surface area contributed by atoms with E-state index in [1.165, 1.54) is 6.07 Å². The van der Waals surface area contributed by atoms with E-state index in [2.05, 4.69) is 4.98 Å². The summed E-state index contributed by atoms with van der Waals surface area (Å²) in [6.45, 7) is 2.33. The van der Waals surface area contributed by atoms with Gasteiger partial charge in [0.25, 0.3) is 5.56 Å². The van der Waals surface area contributed by atoms with E-state index in [-0.39, 0.29) is 11.3 Å². The molecule has 0 aliphatic carbocycles. The number of halogens is 2. The smallest absolute Gasteiger partial charge is 0.259 e. The van der Waals surface area contributed by atoms with Crippen LogP contribution in [0.3, 0.4) is 0 Å². The first-order chi connectivity index (χ1) is 10.5. The van der Waals surface area contributed by atoms with Gasteiger partial charge in [-0.25, -0.2) is 4.98 Å². The number of hydrogen-bond donors (Lipinski definition) is 1. The predicted octanol–water partition coefficient (Wildman–Crippen LogP) is 4.10. The van der Waals surface area contributed by atoms with Gasteiger partial charge in [0.05, 0.1) is 16.1 Å². The molecule has 4 nitrogen and oxygen atoms in total. The Balaban J connectivity index is 2.44. The summed E-state index contributed by atoms with van der Waals surface area (Å²) in [6.07, 6.45) is 1.60. The second kappa shape index (κ2) is 5.63. The molecule has 0 radical (unpaired) electrons. The molecule has 3 rings (SSSR count). The average molecular weight is 335 g/mol. The SMILES string of the molecule is CCn1c(=O)c(-c2c(O)cccc2Cl)cc2cnc(Cl)cc21. The number of nitrogens with zero attached hydrogens (tertiary/aromatic N) is 2. The minimum Gasteiger partial charge on any atom is -0.507 e. The summed E-state index contributed by atoms with van der Waals surface area (Å²) in [4.78, 5) is 16.8. The molecule has 0 saturated carbocycles. The van der Waals surface area contributed by atoms with Gasteiger partial charge in [0, 0.05) is 23.7 Å². The molecule has 1 N–H and O–H groups in total.